The van der Waals surface area contributed by atoms with Gasteiger partial charge in [-0.1, -0.05) is 283 Å². The third-order valence-electron chi connectivity index (χ3n) is 12.5. The van der Waals surface area contributed by atoms with Crippen LogP contribution in [-0.4, -0.2) is 76.9 Å². The van der Waals surface area contributed by atoms with Crippen LogP contribution in [0.1, 0.15) is 297 Å². The molecule has 0 rings (SSSR count). The van der Waals surface area contributed by atoms with Gasteiger partial charge in [0.15, 0.2) is 0 Å². The molecule has 0 aromatic carbocycles. The van der Waals surface area contributed by atoms with Crippen molar-refractivity contribution < 1.29 is 34.3 Å². The van der Waals surface area contributed by atoms with Gasteiger partial charge in [-0.3, -0.25) is 8.37 Å². The summed E-state index contributed by atoms with van der Waals surface area (Å²) in [4.78, 5) is 0. The van der Waals surface area contributed by atoms with E-state index in [1.54, 1.807) is 0 Å². The fourth-order valence-corrected chi connectivity index (χ4v) is 9.01. The molecule has 0 saturated heterocycles. The maximum absolute atomic E-state index is 10.7. The van der Waals surface area contributed by atoms with Gasteiger partial charge in [0.25, 0.3) is 0 Å². The molecule has 2 unspecified atom stereocenters. The van der Waals surface area contributed by atoms with Crippen LogP contribution in [0.4, 0.5) is 0 Å². The summed E-state index contributed by atoms with van der Waals surface area (Å²) < 4.78 is 73.5. The van der Waals surface area contributed by atoms with Crippen molar-refractivity contribution >= 4 is 58.5 Å². The molecule has 0 saturated carbocycles. The summed E-state index contributed by atoms with van der Waals surface area (Å²) in [6, 6.07) is 0. The van der Waals surface area contributed by atoms with Gasteiger partial charge in [-0.15, -0.1) is 0 Å². The summed E-state index contributed by atoms with van der Waals surface area (Å²) in [6.45, 7) is 8.84. The maximum atomic E-state index is 10.7. The predicted molar refractivity (Wildman–Crippen MR) is 279 cm³/mol. The molecule has 8 nitrogen and oxygen atoms in total. The molecule has 11 heteroatoms. The predicted octanol–water partition coefficient (Wildman–Crippen LogP) is 17.4. The van der Waals surface area contributed by atoms with Gasteiger partial charge in [0, 0.05) is 11.8 Å². The molecule has 0 aromatic heterocycles. The van der Waals surface area contributed by atoms with Crippen molar-refractivity contribution in [1.82, 2.24) is 0 Å². The Morgan fingerprint density at radius 3 is 0.754 bits per heavy atom. The number of hydrogen-bond acceptors (Lipinski definition) is 8. The van der Waals surface area contributed by atoms with Crippen molar-refractivity contribution in [1.29, 1.82) is 0 Å². The molecular weight excluding hydrogens is 881 g/mol. The van der Waals surface area contributed by atoms with Gasteiger partial charge in [0.2, 0.25) is 20.8 Å². The summed E-state index contributed by atoms with van der Waals surface area (Å²) in [5.41, 5.74) is 0. The number of rotatable bonds is 50. The first-order valence-corrected chi connectivity index (χ1v) is 30.2. The Hall–Kier alpha value is 0.480. The second-order valence-electron chi connectivity index (χ2n) is 18.9. The summed E-state index contributed by atoms with van der Waals surface area (Å²) in [7, 11) is -9.20. The quantitative estimate of drug-likeness (QED) is 0.0193. The topological polar surface area (TPSA) is 133 Å². The molecule has 0 aromatic rings. The van der Waals surface area contributed by atoms with Gasteiger partial charge >= 0.3 is 37.7 Å². The minimum atomic E-state index is -4.60. The number of allylic oxidation sites excluding steroid dienone is 2. The average molecular weight is 988 g/mol. The molecule has 0 aliphatic carbocycles. The van der Waals surface area contributed by atoms with Crippen LogP contribution in [0.2, 0.25) is 0 Å². The molecule has 0 bridgehead atoms. The Bertz CT molecular complexity index is 1100. The van der Waals surface area contributed by atoms with Crippen molar-refractivity contribution in [2.75, 3.05) is 13.2 Å². The molecule has 0 spiro atoms. The summed E-state index contributed by atoms with van der Waals surface area (Å²) >= 11 is 0. The van der Waals surface area contributed by atoms with Crippen LogP contribution < -0.4 is 0 Å². The van der Waals surface area contributed by atoms with E-state index < -0.39 is 20.8 Å². The average Bonchev–Trinajstić information content (AvgIpc) is 3.26. The molecule has 2 atom stereocenters. The molecule has 65 heavy (non-hydrogen) atoms. The van der Waals surface area contributed by atoms with Gasteiger partial charge in [-0.2, -0.15) is 0 Å². The van der Waals surface area contributed by atoms with Crippen molar-refractivity contribution in [3.63, 3.8) is 0 Å². The van der Waals surface area contributed by atoms with E-state index in [4.69, 9.17) is 0 Å². The van der Waals surface area contributed by atoms with Gasteiger partial charge in [-0.25, -0.2) is 16.8 Å². The van der Waals surface area contributed by atoms with E-state index in [-0.39, 0.29) is 62.8 Å². The van der Waals surface area contributed by atoms with Crippen LogP contribution in [0.5, 0.6) is 0 Å². The monoisotopic (exact) mass is 987 g/mol. The minimum absolute atomic E-state index is 0. The van der Waals surface area contributed by atoms with Crippen LogP contribution in [0, 0.1) is 11.8 Å². The molecule has 0 radical (unpaired) electrons. The molecule has 384 valence electrons. The third-order valence-corrected chi connectivity index (χ3v) is 13.3. The molecular formula is C54H106CaO8S2. The first-order chi connectivity index (χ1) is 31.0. The zero-order chi connectivity index (χ0) is 47.5. The number of unbranched alkanes of at least 4 members (excludes halogenated alkanes) is 36. The smallest absolute Gasteiger partial charge is 0.726 e. The van der Waals surface area contributed by atoms with E-state index >= 15 is 0 Å². The SMILES string of the molecule is CCCCCCCCCCCCCCCCC/C=C/C(CCCCCC)COS(=O)(=O)[O-].CCCCCCCCCCCCCCCCC/C=C/C(CCCCCC)COS(=O)(=O)[O-].[Ca+2]. The summed E-state index contributed by atoms with van der Waals surface area (Å²) in [5.74, 6) is 0.0406. The Labute approximate surface area is 436 Å². The standard InChI is InChI=1S/2C27H54O4S.Ca/c2*1-3-5-7-9-10-11-12-13-14-15-16-17-18-19-20-21-23-25-27(24-22-8-6-4-2)26-31-32(28,29)30;/h2*23,25,27H,3-22,24,26H2,1-2H3,(H,28,29,30);/q;;+2/p-2/b2*25-23+;. The maximum Gasteiger partial charge on any atom is 2.00 e. The summed E-state index contributed by atoms with van der Waals surface area (Å²) in [6.07, 6.45) is 62.4. The van der Waals surface area contributed by atoms with E-state index in [1.165, 1.54) is 218 Å². The van der Waals surface area contributed by atoms with Crippen molar-refractivity contribution in [2.45, 2.75) is 297 Å². The van der Waals surface area contributed by atoms with Gasteiger partial charge in [0.05, 0.1) is 13.2 Å². The first kappa shape index (κ1) is 69.7. The van der Waals surface area contributed by atoms with Gasteiger partial charge in [0.1, 0.15) is 0 Å². The van der Waals surface area contributed by atoms with E-state index in [0.29, 0.717) is 0 Å². The van der Waals surface area contributed by atoms with Gasteiger partial charge < -0.3 is 9.11 Å². The van der Waals surface area contributed by atoms with E-state index in [0.717, 1.165) is 51.4 Å². The molecule has 0 fully saturated rings. The van der Waals surface area contributed by atoms with Crippen molar-refractivity contribution in [2.24, 2.45) is 11.8 Å². The molecule has 0 aliphatic heterocycles. The molecule has 0 amide bonds. The normalized spacial score (nSPS) is 13.0. The first-order valence-electron chi connectivity index (χ1n) is 27.5. The molecule has 0 aliphatic rings. The Morgan fingerprint density at radius 1 is 0.338 bits per heavy atom. The van der Waals surface area contributed by atoms with E-state index in [2.05, 4.69) is 60.4 Å². The summed E-state index contributed by atoms with van der Waals surface area (Å²) in [5, 5.41) is 0. The zero-order valence-electron chi connectivity index (χ0n) is 43.4. The third kappa shape index (κ3) is 64.5. The molecule has 0 N–H and O–H groups in total. The van der Waals surface area contributed by atoms with Crippen LogP contribution >= 0.6 is 0 Å². The van der Waals surface area contributed by atoms with E-state index in [9.17, 15) is 25.9 Å². The Morgan fingerprint density at radius 2 is 0.538 bits per heavy atom. The second kappa shape index (κ2) is 55.4. The largest absolute Gasteiger partial charge is 2.00 e. The number of hydrogen-bond donors (Lipinski definition) is 0. The fourth-order valence-electron chi connectivity index (χ4n) is 8.32. The fraction of sp³-hybridized carbons (Fsp3) is 0.926. The zero-order valence-corrected chi connectivity index (χ0v) is 47.2. The molecule has 0 heterocycles. The van der Waals surface area contributed by atoms with Crippen LogP contribution in [-0.2, 0) is 29.2 Å². The van der Waals surface area contributed by atoms with Crippen LogP contribution in [0.25, 0.3) is 0 Å². The van der Waals surface area contributed by atoms with Crippen molar-refractivity contribution in [3.8, 4) is 0 Å². The van der Waals surface area contributed by atoms with Crippen LogP contribution in [0.3, 0.4) is 0 Å². The minimum Gasteiger partial charge on any atom is -0.726 e. The second-order valence-corrected chi connectivity index (χ2v) is 21.0. The van der Waals surface area contributed by atoms with Crippen molar-refractivity contribution in [3.05, 3.63) is 24.3 Å². The van der Waals surface area contributed by atoms with E-state index in [1.807, 2.05) is 0 Å². The Balaban J connectivity index is -0.00000116. The van der Waals surface area contributed by atoms with Gasteiger partial charge in [-0.05, 0) is 38.5 Å². The Kier molecular flexibility index (Phi) is 59.4. The van der Waals surface area contributed by atoms with Crippen LogP contribution in [0.15, 0.2) is 24.3 Å².